The van der Waals surface area contributed by atoms with Gasteiger partial charge >= 0.3 is 0 Å². The third kappa shape index (κ3) is 37.6. The molecule has 0 rings (SSSR count). The molecular formula is C47H73NO3. The average Bonchev–Trinajstić information content (AvgIpc) is 3.13. The van der Waals surface area contributed by atoms with Crippen molar-refractivity contribution < 1.29 is 15.0 Å². The number of aliphatic hydroxyl groups is 2. The van der Waals surface area contributed by atoms with Crippen LogP contribution < -0.4 is 5.32 Å². The van der Waals surface area contributed by atoms with Crippen molar-refractivity contribution in [2.75, 3.05) is 6.61 Å². The van der Waals surface area contributed by atoms with Crippen LogP contribution in [0.1, 0.15) is 136 Å². The highest BCUT2D eigenvalue weighted by Gasteiger charge is 2.17. The molecule has 2 unspecified atom stereocenters. The molecule has 51 heavy (non-hydrogen) atoms. The maximum atomic E-state index is 12.2. The van der Waals surface area contributed by atoms with Crippen molar-refractivity contribution in [3.8, 4) is 0 Å². The zero-order chi connectivity index (χ0) is 37.1. The summed E-state index contributed by atoms with van der Waals surface area (Å²) < 4.78 is 0. The van der Waals surface area contributed by atoms with Gasteiger partial charge in [-0.3, -0.25) is 4.79 Å². The van der Waals surface area contributed by atoms with Gasteiger partial charge < -0.3 is 15.5 Å². The minimum absolute atomic E-state index is 0.107. The van der Waals surface area contributed by atoms with Gasteiger partial charge in [0.1, 0.15) is 0 Å². The number of hydrogen-bond donors (Lipinski definition) is 3. The van der Waals surface area contributed by atoms with E-state index in [1.54, 1.807) is 6.08 Å². The van der Waals surface area contributed by atoms with E-state index in [9.17, 15) is 15.0 Å². The van der Waals surface area contributed by atoms with Crippen molar-refractivity contribution in [3.63, 3.8) is 0 Å². The molecular weight excluding hydrogens is 627 g/mol. The molecule has 0 radical (unpaired) electrons. The molecule has 0 aliphatic carbocycles. The third-order valence-corrected chi connectivity index (χ3v) is 7.89. The Bertz CT molecular complexity index is 1110. The topological polar surface area (TPSA) is 69.6 Å². The summed E-state index contributed by atoms with van der Waals surface area (Å²) in [7, 11) is 0. The number of unbranched alkanes of at least 4 members (excludes halogenated alkanes) is 6. The Morgan fingerprint density at radius 3 is 1.25 bits per heavy atom. The van der Waals surface area contributed by atoms with E-state index in [1.165, 1.54) is 0 Å². The lowest BCUT2D eigenvalue weighted by atomic mass is 10.1. The number of hydrogen-bond acceptors (Lipinski definition) is 3. The first kappa shape index (κ1) is 47.5. The number of carbonyl (C=O) groups excluding carboxylic acids is 1. The maximum absolute atomic E-state index is 12.2. The third-order valence-electron chi connectivity index (χ3n) is 7.89. The predicted molar refractivity (Wildman–Crippen MR) is 225 cm³/mol. The summed E-state index contributed by atoms with van der Waals surface area (Å²) in [4.78, 5) is 12.2. The van der Waals surface area contributed by atoms with E-state index in [-0.39, 0.29) is 12.5 Å². The fourth-order valence-corrected chi connectivity index (χ4v) is 4.83. The number of rotatable bonds is 33. The van der Waals surface area contributed by atoms with Gasteiger partial charge in [-0.1, -0.05) is 173 Å². The minimum Gasteiger partial charge on any atom is -0.394 e. The highest BCUT2D eigenvalue weighted by Crippen LogP contribution is 2.08. The van der Waals surface area contributed by atoms with Gasteiger partial charge in [-0.15, -0.1) is 0 Å². The van der Waals surface area contributed by atoms with E-state index in [4.69, 9.17) is 0 Å². The first-order chi connectivity index (χ1) is 25.2. The van der Waals surface area contributed by atoms with Gasteiger partial charge in [-0.25, -0.2) is 0 Å². The largest absolute Gasteiger partial charge is 0.394 e. The van der Waals surface area contributed by atoms with Crippen LogP contribution in [-0.2, 0) is 4.79 Å². The first-order valence-electron chi connectivity index (χ1n) is 19.9. The lowest BCUT2D eigenvalue weighted by molar-refractivity contribution is -0.123. The summed E-state index contributed by atoms with van der Waals surface area (Å²) in [5, 5.41) is 22.4. The van der Waals surface area contributed by atoms with Gasteiger partial charge in [-0.2, -0.15) is 0 Å². The molecule has 0 bridgehead atoms. The Hall–Kier alpha value is -3.47. The number of carbonyl (C=O) groups is 1. The van der Waals surface area contributed by atoms with Crippen molar-refractivity contribution in [3.05, 3.63) is 134 Å². The Kier molecular flexibility index (Phi) is 38.2. The summed E-state index contributed by atoms with van der Waals surface area (Å²) >= 11 is 0. The zero-order valence-corrected chi connectivity index (χ0v) is 32.3. The summed E-state index contributed by atoms with van der Waals surface area (Å²) in [6.07, 6.45) is 65.9. The fraction of sp³-hybridized carbons (Fsp3) is 0.511. The zero-order valence-electron chi connectivity index (χ0n) is 32.3. The van der Waals surface area contributed by atoms with Gasteiger partial charge in [0.2, 0.25) is 5.91 Å². The van der Waals surface area contributed by atoms with Crippen molar-refractivity contribution in [1.29, 1.82) is 0 Å². The molecule has 3 N–H and O–H groups in total. The van der Waals surface area contributed by atoms with Crippen LogP contribution in [0, 0.1) is 0 Å². The normalized spacial score (nSPS) is 14.5. The standard InChI is InChI=1S/C47H73NO3/c1-3-5-7-9-10-11-12-13-14-15-16-17-18-19-20-21-22-23-24-25-26-27-28-29-30-31-32-33-34-35-36-37-38-39-41-43-47(51)48-45(44-49)46(50)42-40-8-6-4-2/h5,7,10-11,13-14,16-17,19-20,22-23,25-26,28-29,31-32,34-35,40,42,45-46,49-50H,3-4,6,8-9,12,15,18,21,24,27,30,33,36-39,41,43-44H2,1-2H3,(H,48,51)/b7-5-,11-10-,14-13-,17-16-,20-19-,23-22-,26-25-,29-28-,32-31-,35-34-,42-40+. The molecule has 0 saturated heterocycles. The minimum atomic E-state index is -0.855. The lowest BCUT2D eigenvalue weighted by Crippen LogP contribution is -2.45. The van der Waals surface area contributed by atoms with Gasteiger partial charge in [0.15, 0.2) is 0 Å². The highest BCUT2D eigenvalue weighted by atomic mass is 16.3. The van der Waals surface area contributed by atoms with Crippen LogP contribution in [0.5, 0.6) is 0 Å². The van der Waals surface area contributed by atoms with E-state index in [0.29, 0.717) is 6.42 Å². The second-order valence-electron chi connectivity index (χ2n) is 12.6. The van der Waals surface area contributed by atoms with Gasteiger partial charge in [0.05, 0.1) is 18.8 Å². The average molecular weight is 700 g/mol. The molecule has 1 amide bonds. The van der Waals surface area contributed by atoms with Crippen LogP contribution >= 0.6 is 0 Å². The van der Waals surface area contributed by atoms with E-state index >= 15 is 0 Å². The molecule has 0 aromatic carbocycles. The van der Waals surface area contributed by atoms with Gasteiger partial charge in [0, 0.05) is 6.42 Å². The number of amides is 1. The molecule has 0 saturated carbocycles. The number of allylic oxidation sites excluding steroid dienone is 21. The lowest BCUT2D eigenvalue weighted by Gasteiger charge is -2.19. The van der Waals surface area contributed by atoms with Crippen LogP contribution in [0.2, 0.25) is 0 Å². The van der Waals surface area contributed by atoms with Gasteiger partial charge in [-0.05, 0) is 89.9 Å². The van der Waals surface area contributed by atoms with E-state index in [0.717, 1.165) is 116 Å². The monoisotopic (exact) mass is 700 g/mol. The highest BCUT2D eigenvalue weighted by molar-refractivity contribution is 5.76. The molecule has 4 nitrogen and oxygen atoms in total. The molecule has 0 heterocycles. The molecule has 284 valence electrons. The van der Waals surface area contributed by atoms with Crippen molar-refractivity contribution in [1.82, 2.24) is 5.32 Å². The van der Waals surface area contributed by atoms with E-state index < -0.39 is 12.1 Å². The first-order valence-corrected chi connectivity index (χ1v) is 19.9. The van der Waals surface area contributed by atoms with Crippen LogP contribution in [0.25, 0.3) is 0 Å². The Morgan fingerprint density at radius 1 is 0.490 bits per heavy atom. The maximum Gasteiger partial charge on any atom is 0.220 e. The molecule has 0 spiro atoms. The SMILES string of the molecule is CC/C=C\C/C=C\C/C=C\C/C=C\C/C=C\C/C=C\C/C=C\C/C=C\C/C=C\C/C=C\CCCCCCC(=O)NC(CO)C(O)/C=C/CCCC. The summed E-state index contributed by atoms with van der Waals surface area (Å²) in [5.41, 5.74) is 0. The summed E-state index contributed by atoms with van der Waals surface area (Å²) in [5.74, 6) is -0.107. The van der Waals surface area contributed by atoms with E-state index in [1.807, 2.05) is 6.08 Å². The second kappa shape index (κ2) is 41.0. The van der Waals surface area contributed by atoms with Crippen LogP contribution in [0.15, 0.2) is 134 Å². The quantitative estimate of drug-likeness (QED) is 0.0472. The molecule has 0 aromatic heterocycles. The Labute approximate surface area is 313 Å². The van der Waals surface area contributed by atoms with Gasteiger partial charge in [0.25, 0.3) is 0 Å². The molecule has 2 atom stereocenters. The van der Waals surface area contributed by atoms with Crippen molar-refractivity contribution >= 4 is 5.91 Å². The Balaban J connectivity index is 3.70. The predicted octanol–water partition coefficient (Wildman–Crippen LogP) is 12.4. The van der Waals surface area contributed by atoms with Crippen molar-refractivity contribution in [2.45, 2.75) is 148 Å². The summed E-state index contributed by atoms with van der Waals surface area (Å²) in [6, 6.07) is -0.641. The van der Waals surface area contributed by atoms with Crippen LogP contribution in [-0.4, -0.2) is 34.9 Å². The Morgan fingerprint density at radius 2 is 0.863 bits per heavy atom. The second-order valence-corrected chi connectivity index (χ2v) is 12.6. The molecule has 0 fully saturated rings. The molecule has 0 aromatic rings. The fourth-order valence-electron chi connectivity index (χ4n) is 4.83. The van der Waals surface area contributed by atoms with Crippen LogP contribution in [0.4, 0.5) is 0 Å². The summed E-state index contributed by atoms with van der Waals surface area (Å²) in [6.45, 7) is 4.01. The van der Waals surface area contributed by atoms with Crippen molar-refractivity contribution in [2.24, 2.45) is 0 Å². The number of aliphatic hydroxyl groups excluding tert-OH is 2. The molecule has 4 heteroatoms. The van der Waals surface area contributed by atoms with Crippen LogP contribution in [0.3, 0.4) is 0 Å². The smallest absolute Gasteiger partial charge is 0.220 e. The molecule has 0 aliphatic heterocycles. The van der Waals surface area contributed by atoms with E-state index in [2.05, 4.69) is 141 Å². The molecule has 0 aliphatic rings. The number of nitrogens with one attached hydrogen (secondary N) is 1.